The Labute approximate surface area is 88.1 Å². The molecule has 0 bridgehead atoms. The minimum atomic E-state index is -0.209. The van der Waals surface area contributed by atoms with Gasteiger partial charge in [0.25, 0.3) is 0 Å². The van der Waals surface area contributed by atoms with Crippen molar-refractivity contribution in [2.24, 2.45) is 5.73 Å². The minimum Gasteiger partial charge on any atom is -0.325 e. The third-order valence-corrected chi connectivity index (χ3v) is 3.64. The molecular formula is C11H15NOS. The Kier molecular flexibility index (Phi) is 2.70. The highest BCUT2D eigenvalue weighted by atomic mass is 32.1. The molecule has 1 aromatic rings. The Morgan fingerprint density at radius 1 is 1.50 bits per heavy atom. The first-order valence-corrected chi connectivity index (χ1v) is 5.98. The maximum atomic E-state index is 11.8. The smallest absolute Gasteiger partial charge is 0.165 e. The summed E-state index contributed by atoms with van der Waals surface area (Å²) in [4.78, 5) is 11.8. The topological polar surface area (TPSA) is 43.1 Å². The predicted octanol–water partition coefficient (Wildman–Crippen LogP) is 2.59. The number of ketones is 1. The zero-order valence-electron chi connectivity index (χ0n) is 8.16. The van der Waals surface area contributed by atoms with Crippen LogP contribution >= 0.6 is 11.3 Å². The first kappa shape index (κ1) is 9.87. The largest absolute Gasteiger partial charge is 0.325 e. The van der Waals surface area contributed by atoms with Gasteiger partial charge in [-0.1, -0.05) is 12.8 Å². The maximum Gasteiger partial charge on any atom is 0.165 e. The number of hydrogen-bond acceptors (Lipinski definition) is 3. The van der Waals surface area contributed by atoms with E-state index in [0.29, 0.717) is 6.42 Å². The summed E-state index contributed by atoms with van der Waals surface area (Å²) >= 11 is 1.56. The molecule has 1 fully saturated rings. The molecule has 0 amide bonds. The van der Waals surface area contributed by atoms with Gasteiger partial charge in [0.05, 0.1) is 0 Å². The SMILES string of the molecule is NC1(CC(=O)c2ccsc2)CCCC1. The van der Waals surface area contributed by atoms with Gasteiger partial charge < -0.3 is 5.73 Å². The fourth-order valence-corrected chi connectivity index (χ4v) is 2.76. The summed E-state index contributed by atoms with van der Waals surface area (Å²) in [5, 5.41) is 3.84. The molecule has 3 heteroatoms. The van der Waals surface area contributed by atoms with Crippen LogP contribution < -0.4 is 5.73 Å². The second kappa shape index (κ2) is 3.83. The number of hydrogen-bond donors (Lipinski definition) is 1. The molecule has 1 aliphatic rings. The lowest BCUT2D eigenvalue weighted by Crippen LogP contribution is -2.38. The van der Waals surface area contributed by atoms with E-state index in [1.54, 1.807) is 11.3 Å². The van der Waals surface area contributed by atoms with E-state index in [4.69, 9.17) is 5.73 Å². The average Bonchev–Trinajstić information content (AvgIpc) is 2.74. The molecule has 0 atom stereocenters. The standard InChI is InChI=1S/C11H15NOS/c12-11(4-1-2-5-11)7-10(13)9-3-6-14-8-9/h3,6,8H,1-2,4-5,7,12H2. The number of thiophene rings is 1. The molecule has 0 aromatic carbocycles. The van der Waals surface area contributed by atoms with Crippen molar-refractivity contribution >= 4 is 17.1 Å². The van der Waals surface area contributed by atoms with Gasteiger partial charge in [0.1, 0.15) is 0 Å². The molecule has 0 radical (unpaired) electrons. The third kappa shape index (κ3) is 2.04. The van der Waals surface area contributed by atoms with Gasteiger partial charge in [-0.2, -0.15) is 11.3 Å². The highest BCUT2D eigenvalue weighted by Gasteiger charge is 2.31. The predicted molar refractivity (Wildman–Crippen MR) is 58.7 cm³/mol. The van der Waals surface area contributed by atoms with Crippen LogP contribution in [0.25, 0.3) is 0 Å². The van der Waals surface area contributed by atoms with Crippen LogP contribution in [0, 0.1) is 0 Å². The van der Waals surface area contributed by atoms with Crippen molar-refractivity contribution in [1.82, 2.24) is 0 Å². The summed E-state index contributed by atoms with van der Waals surface area (Å²) in [5.74, 6) is 0.204. The molecule has 1 heterocycles. The molecule has 0 spiro atoms. The van der Waals surface area contributed by atoms with Crippen molar-refractivity contribution in [1.29, 1.82) is 0 Å². The van der Waals surface area contributed by atoms with Gasteiger partial charge in [0.15, 0.2) is 5.78 Å². The second-order valence-corrected chi connectivity index (χ2v) is 4.96. The summed E-state index contributed by atoms with van der Waals surface area (Å²) in [7, 11) is 0. The van der Waals surface area contributed by atoms with Gasteiger partial charge in [-0.25, -0.2) is 0 Å². The lowest BCUT2D eigenvalue weighted by Gasteiger charge is -2.21. The van der Waals surface area contributed by atoms with Crippen LogP contribution in [0.5, 0.6) is 0 Å². The van der Waals surface area contributed by atoms with Crippen LogP contribution in [0.2, 0.25) is 0 Å². The molecule has 1 aromatic heterocycles. The van der Waals surface area contributed by atoms with Crippen LogP contribution in [-0.4, -0.2) is 11.3 Å². The van der Waals surface area contributed by atoms with Crippen LogP contribution in [-0.2, 0) is 0 Å². The van der Waals surface area contributed by atoms with Crippen molar-refractivity contribution in [2.75, 3.05) is 0 Å². The summed E-state index contributed by atoms with van der Waals surface area (Å²) < 4.78 is 0. The summed E-state index contributed by atoms with van der Waals surface area (Å²) in [6.45, 7) is 0. The fourth-order valence-electron chi connectivity index (χ4n) is 2.10. The van der Waals surface area contributed by atoms with Crippen molar-refractivity contribution in [2.45, 2.75) is 37.6 Å². The fraction of sp³-hybridized carbons (Fsp3) is 0.545. The molecule has 1 saturated carbocycles. The van der Waals surface area contributed by atoms with Gasteiger partial charge in [-0.05, 0) is 24.3 Å². The van der Waals surface area contributed by atoms with Crippen molar-refractivity contribution in [3.63, 3.8) is 0 Å². The summed E-state index contributed by atoms with van der Waals surface area (Å²) in [6, 6.07) is 1.88. The monoisotopic (exact) mass is 209 g/mol. The Hall–Kier alpha value is -0.670. The van der Waals surface area contributed by atoms with Gasteiger partial charge in [-0.3, -0.25) is 4.79 Å². The summed E-state index contributed by atoms with van der Waals surface area (Å²) in [5.41, 5.74) is 6.77. The molecule has 0 aliphatic heterocycles. The van der Waals surface area contributed by atoms with Gasteiger partial charge in [0.2, 0.25) is 0 Å². The normalized spacial score (nSPS) is 19.8. The molecule has 2 N–H and O–H groups in total. The van der Waals surface area contributed by atoms with Crippen molar-refractivity contribution in [3.8, 4) is 0 Å². The molecule has 2 nitrogen and oxygen atoms in total. The molecule has 0 saturated heterocycles. The number of carbonyl (C=O) groups is 1. The van der Waals surface area contributed by atoms with E-state index >= 15 is 0 Å². The number of rotatable bonds is 3. The van der Waals surface area contributed by atoms with Crippen molar-refractivity contribution < 1.29 is 4.79 Å². The van der Waals surface area contributed by atoms with E-state index in [0.717, 1.165) is 18.4 Å². The molecule has 1 aliphatic carbocycles. The van der Waals surface area contributed by atoms with Gasteiger partial charge in [0, 0.05) is 22.9 Å². The van der Waals surface area contributed by atoms with E-state index in [-0.39, 0.29) is 11.3 Å². The Morgan fingerprint density at radius 3 is 2.79 bits per heavy atom. The van der Waals surface area contributed by atoms with E-state index in [1.165, 1.54) is 12.8 Å². The first-order chi connectivity index (χ1) is 6.70. The average molecular weight is 209 g/mol. The van der Waals surface area contributed by atoms with E-state index in [1.807, 2.05) is 16.8 Å². The maximum absolute atomic E-state index is 11.8. The quantitative estimate of drug-likeness (QED) is 0.777. The molecule has 2 rings (SSSR count). The van der Waals surface area contributed by atoms with E-state index < -0.39 is 0 Å². The summed E-state index contributed by atoms with van der Waals surface area (Å²) in [6.07, 6.45) is 4.87. The highest BCUT2D eigenvalue weighted by molar-refractivity contribution is 7.08. The molecular weight excluding hydrogens is 194 g/mol. The van der Waals surface area contributed by atoms with E-state index in [2.05, 4.69) is 0 Å². The Morgan fingerprint density at radius 2 is 2.21 bits per heavy atom. The highest BCUT2D eigenvalue weighted by Crippen LogP contribution is 2.31. The Bertz CT molecular complexity index is 312. The first-order valence-electron chi connectivity index (χ1n) is 5.04. The zero-order chi connectivity index (χ0) is 10.0. The van der Waals surface area contributed by atoms with Gasteiger partial charge >= 0.3 is 0 Å². The van der Waals surface area contributed by atoms with Crippen molar-refractivity contribution in [3.05, 3.63) is 22.4 Å². The van der Waals surface area contributed by atoms with Gasteiger partial charge in [-0.15, -0.1) is 0 Å². The van der Waals surface area contributed by atoms with Crippen LogP contribution in [0.4, 0.5) is 0 Å². The molecule has 14 heavy (non-hydrogen) atoms. The molecule has 0 unspecified atom stereocenters. The number of Topliss-reactive ketones (excluding diaryl/α,β-unsaturated/α-hetero) is 1. The van der Waals surface area contributed by atoms with Crippen LogP contribution in [0.1, 0.15) is 42.5 Å². The minimum absolute atomic E-state index is 0.204. The van der Waals surface area contributed by atoms with Crippen LogP contribution in [0.15, 0.2) is 16.8 Å². The number of nitrogens with two attached hydrogens (primary N) is 1. The lowest BCUT2D eigenvalue weighted by molar-refractivity contribution is 0.0953. The van der Waals surface area contributed by atoms with E-state index in [9.17, 15) is 4.79 Å². The lowest BCUT2D eigenvalue weighted by atomic mass is 9.91. The zero-order valence-corrected chi connectivity index (χ0v) is 8.98. The third-order valence-electron chi connectivity index (χ3n) is 2.96. The molecule has 76 valence electrons. The Balaban J connectivity index is 2.01. The second-order valence-electron chi connectivity index (χ2n) is 4.18. The number of carbonyl (C=O) groups excluding carboxylic acids is 1. The van der Waals surface area contributed by atoms with Crippen LogP contribution in [0.3, 0.4) is 0 Å².